The lowest BCUT2D eigenvalue weighted by Gasteiger charge is -2.10. The fourth-order valence-electron chi connectivity index (χ4n) is 2.93. The van der Waals surface area contributed by atoms with Crippen molar-refractivity contribution in [3.05, 3.63) is 87.4 Å². The van der Waals surface area contributed by atoms with Gasteiger partial charge in [0, 0.05) is 23.2 Å². The van der Waals surface area contributed by atoms with E-state index in [1.165, 1.54) is 10.6 Å². The lowest BCUT2D eigenvalue weighted by Crippen LogP contribution is -2.25. The Labute approximate surface area is 159 Å². The Bertz CT molecular complexity index is 842. The lowest BCUT2D eigenvalue weighted by atomic mass is 9.99. The van der Waals surface area contributed by atoms with Crippen molar-refractivity contribution in [3.8, 4) is 0 Å². The van der Waals surface area contributed by atoms with Gasteiger partial charge in [-0.2, -0.15) is 0 Å². The van der Waals surface area contributed by atoms with Gasteiger partial charge in [-0.25, -0.2) is 4.98 Å². The molecule has 1 heterocycles. The molecule has 0 saturated carbocycles. The number of aryl methyl sites for hydroxylation is 2. The number of thiazole rings is 1. The van der Waals surface area contributed by atoms with Gasteiger partial charge in [0.2, 0.25) is 0 Å². The molecular formula is C22H24N2OS. The van der Waals surface area contributed by atoms with Crippen LogP contribution in [0, 0.1) is 6.92 Å². The Morgan fingerprint density at radius 2 is 1.81 bits per heavy atom. The van der Waals surface area contributed by atoms with E-state index in [1.54, 1.807) is 11.3 Å². The molecule has 3 nitrogen and oxygen atoms in total. The topological polar surface area (TPSA) is 42.0 Å². The SMILES string of the molecule is Cc1csc(CCCCNC(=O)c2ccccc2Cc2ccccc2)n1. The summed E-state index contributed by atoms with van der Waals surface area (Å²) in [6, 6.07) is 18.1. The third kappa shape index (κ3) is 5.27. The van der Waals surface area contributed by atoms with Crippen LogP contribution in [-0.4, -0.2) is 17.4 Å². The van der Waals surface area contributed by atoms with Crippen LogP contribution in [0.3, 0.4) is 0 Å². The molecule has 3 aromatic rings. The number of hydrogen-bond acceptors (Lipinski definition) is 3. The summed E-state index contributed by atoms with van der Waals surface area (Å²) in [4.78, 5) is 17.0. The standard InChI is InChI=1S/C22H24N2OS/c1-17-16-26-21(24-17)13-7-8-14-23-22(25)20-12-6-5-11-19(20)15-18-9-3-2-4-10-18/h2-6,9-12,16H,7-8,13-15H2,1H3,(H,23,25). The third-order valence-electron chi connectivity index (χ3n) is 4.27. The lowest BCUT2D eigenvalue weighted by molar-refractivity contribution is 0.0952. The first-order chi connectivity index (χ1) is 12.7. The number of benzene rings is 2. The summed E-state index contributed by atoms with van der Waals surface area (Å²) in [5.41, 5.74) is 4.14. The molecule has 3 rings (SSSR count). The van der Waals surface area contributed by atoms with Gasteiger partial charge in [0.15, 0.2) is 0 Å². The minimum atomic E-state index is 0.0154. The van der Waals surface area contributed by atoms with E-state index in [2.05, 4.69) is 27.8 Å². The molecule has 0 radical (unpaired) electrons. The minimum Gasteiger partial charge on any atom is -0.352 e. The van der Waals surface area contributed by atoms with E-state index in [1.807, 2.05) is 49.4 Å². The summed E-state index contributed by atoms with van der Waals surface area (Å²) in [7, 11) is 0. The van der Waals surface area contributed by atoms with Crippen molar-refractivity contribution in [1.82, 2.24) is 10.3 Å². The van der Waals surface area contributed by atoms with Gasteiger partial charge in [0.05, 0.1) is 5.01 Å². The summed E-state index contributed by atoms with van der Waals surface area (Å²) < 4.78 is 0. The van der Waals surface area contributed by atoms with Crippen molar-refractivity contribution < 1.29 is 4.79 Å². The molecule has 0 fully saturated rings. The summed E-state index contributed by atoms with van der Waals surface area (Å²) in [5.74, 6) is 0.0154. The average Bonchev–Trinajstić information content (AvgIpc) is 3.08. The van der Waals surface area contributed by atoms with Gasteiger partial charge in [0.25, 0.3) is 5.91 Å². The van der Waals surface area contributed by atoms with Crippen molar-refractivity contribution in [2.75, 3.05) is 6.54 Å². The highest BCUT2D eigenvalue weighted by molar-refractivity contribution is 7.09. The summed E-state index contributed by atoms with van der Waals surface area (Å²) in [5, 5.41) is 6.33. The molecule has 0 atom stereocenters. The number of rotatable bonds is 8. The molecule has 0 unspecified atom stereocenters. The number of carbonyl (C=O) groups is 1. The van der Waals surface area contributed by atoms with Crippen LogP contribution in [0.4, 0.5) is 0 Å². The van der Waals surface area contributed by atoms with Crippen molar-refractivity contribution in [2.45, 2.75) is 32.6 Å². The molecule has 0 saturated heterocycles. The van der Waals surface area contributed by atoms with Gasteiger partial charge in [-0.05, 0) is 49.8 Å². The first-order valence-electron chi connectivity index (χ1n) is 9.03. The zero-order valence-electron chi connectivity index (χ0n) is 15.1. The van der Waals surface area contributed by atoms with Gasteiger partial charge >= 0.3 is 0 Å². The van der Waals surface area contributed by atoms with E-state index in [9.17, 15) is 4.79 Å². The second-order valence-corrected chi connectivity index (χ2v) is 7.36. The molecule has 1 aromatic heterocycles. The Hall–Kier alpha value is -2.46. The van der Waals surface area contributed by atoms with Crippen LogP contribution in [0.1, 0.15) is 45.0 Å². The van der Waals surface area contributed by atoms with Crippen molar-refractivity contribution >= 4 is 17.2 Å². The quantitative estimate of drug-likeness (QED) is 0.584. The first-order valence-corrected chi connectivity index (χ1v) is 9.91. The van der Waals surface area contributed by atoms with E-state index >= 15 is 0 Å². The van der Waals surface area contributed by atoms with Gasteiger partial charge < -0.3 is 5.32 Å². The minimum absolute atomic E-state index is 0.0154. The molecule has 4 heteroatoms. The first kappa shape index (κ1) is 18.3. The Kier molecular flexibility index (Phi) is 6.56. The number of unbranched alkanes of at least 4 members (excludes halogenated alkanes) is 1. The summed E-state index contributed by atoms with van der Waals surface area (Å²) in [6.45, 7) is 2.72. The fraction of sp³-hybridized carbons (Fsp3) is 0.273. The maximum absolute atomic E-state index is 12.6. The van der Waals surface area contributed by atoms with Gasteiger partial charge in [-0.3, -0.25) is 4.79 Å². The molecule has 134 valence electrons. The number of nitrogens with one attached hydrogen (secondary N) is 1. The van der Waals surface area contributed by atoms with E-state index in [4.69, 9.17) is 0 Å². The molecule has 0 aliphatic heterocycles. The molecule has 0 aliphatic rings. The van der Waals surface area contributed by atoms with E-state index in [0.29, 0.717) is 6.54 Å². The molecular weight excluding hydrogens is 340 g/mol. The smallest absolute Gasteiger partial charge is 0.251 e. The largest absolute Gasteiger partial charge is 0.352 e. The van der Waals surface area contributed by atoms with Crippen molar-refractivity contribution in [2.24, 2.45) is 0 Å². The Morgan fingerprint density at radius 3 is 2.58 bits per heavy atom. The van der Waals surface area contributed by atoms with Gasteiger partial charge in [-0.1, -0.05) is 48.5 Å². The van der Waals surface area contributed by atoms with E-state index < -0.39 is 0 Å². The monoisotopic (exact) mass is 364 g/mol. The fourth-order valence-corrected chi connectivity index (χ4v) is 3.75. The Morgan fingerprint density at radius 1 is 1.04 bits per heavy atom. The molecule has 2 aromatic carbocycles. The van der Waals surface area contributed by atoms with Crippen LogP contribution >= 0.6 is 11.3 Å². The van der Waals surface area contributed by atoms with Gasteiger partial charge in [-0.15, -0.1) is 11.3 Å². The molecule has 0 spiro atoms. The number of carbonyl (C=O) groups excluding carboxylic acids is 1. The van der Waals surface area contributed by atoms with Crippen LogP contribution in [0.25, 0.3) is 0 Å². The Balaban J connectivity index is 1.50. The molecule has 26 heavy (non-hydrogen) atoms. The number of nitrogens with zero attached hydrogens (tertiary/aromatic N) is 1. The normalized spacial score (nSPS) is 10.7. The number of hydrogen-bond donors (Lipinski definition) is 1. The molecule has 0 aliphatic carbocycles. The highest BCUT2D eigenvalue weighted by Crippen LogP contribution is 2.15. The molecule has 1 amide bonds. The van der Waals surface area contributed by atoms with Gasteiger partial charge in [0.1, 0.15) is 0 Å². The van der Waals surface area contributed by atoms with Crippen molar-refractivity contribution in [3.63, 3.8) is 0 Å². The average molecular weight is 365 g/mol. The van der Waals surface area contributed by atoms with Crippen LogP contribution < -0.4 is 5.32 Å². The highest BCUT2D eigenvalue weighted by atomic mass is 32.1. The maximum Gasteiger partial charge on any atom is 0.251 e. The van der Waals surface area contributed by atoms with E-state index in [0.717, 1.165) is 42.5 Å². The predicted molar refractivity (Wildman–Crippen MR) is 108 cm³/mol. The zero-order chi connectivity index (χ0) is 18.2. The zero-order valence-corrected chi connectivity index (χ0v) is 15.9. The van der Waals surface area contributed by atoms with Crippen LogP contribution in [0.2, 0.25) is 0 Å². The van der Waals surface area contributed by atoms with Crippen molar-refractivity contribution in [1.29, 1.82) is 0 Å². The number of aromatic nitrogens is 1. The second-order valence-electron chi connectivity index (χ2n) is 6.42. The van der Waals surface area contributed by atoms with E-state index in [-0.39, 0.29) is 5.91 Å². The third-order valence-corrected chi connectivity index (χ3v) is 5.30. The summed E-state index contributed by atoms with van der Waals surface area (Å²) >= 11 is 1.72. The predicted octanol–water partition coefficient (Wildman–Crippen LogP) is 4.80. The highest BCUT2D eigenvalue weighted by Gasteiger charge is 2.10. The van der Waals surface area contributed by atoms with Crippen LogP contribution in [-0.2, 0) is 12.8 Å². The second kappa shape index (κ2) is 9.30. The van der Waals surface area contributed by atoms with Crippen LogP contribution in [0.5, 0.6) is 0 Å². The number of amides is 1. The summed E-state index contributed by atoms with van der Waals surface area (Å²) in [6.07, 6.45) is 3.76. The molecule has 1 N–H and O–H groups in total. The van der Waals surface area contributed by atoms with Crippen LogP contribution in [0.15, 0.2) is 60.0 Å². The maximum atomic E-state index is 12.6. The molecule has 0 bridgehead atoms.